The van der Waals surface area contributed by atoms with Crippen LogP contribution >= 0.6 is 12.2 Å². The van der Waals surface area contributed by atoms with E-state index in [2.05, 4.69) is 34.0 Å². The van der Waals surface area contributed by atoms with Gasteiger partial charge in [-0.25, -0.2) is 0 Å². The predicted molar refractivity (Wildman–Crippen MR) is 109 cm³/mol. The molecule has 2 aromatic carbocycles. The molecule has 1 fully saturated rings. The molecule has 0 radical (unpaired) electrons. The summed E-state index contributed by atoms with van der Waals surface area (Å²) in [7, 11) is 0. The molecule has 1 aliphatic rings. The van der Waals surface area contributed by atoms with E-state index < -0.39 is 0 Å². The molecule has 1 saturated heterocycles. The fourth-order valence-electron chi connectivity index (χ4n) is 3.21. The van der Waals surface area contributed by atoms with Crippen molar-refractivity contribution in [1.29, 1.82) is 0 Å². The number of hydrogen-bond donors (Lipinski definition) is 2. The fourth-order valence-corrected chi connectivity index (χ4v) is 3.34. The standard InChI is InChI=1S/C20H21N3O2S/c1-13(22-23-20(26)21-12-15-6-4-10-24-15)19-11-17-16-7-3-2-5-14(16)8-9-18(17)25-19/h2-3,5,7-9,11,15H,4,6,10,12H2,1H3,(H2,21,23,26)/b22-13-/t15-/m0/s1. The molecule has 0 aliphatic carbocycles. The summed E-state index contributed by atoms with van der Waals surface area (Å²) in [6.45, 7) is 3.44. The van der Waals surface area contributed by atoms with Crippen molar-refractivity contribution in [3.05, 3.63) is 48.2 Å². The Morgan fingerprint density at radius 2 is 2.12 bits per heavy atom. The van der Waals surface area contributed by atoms with Crippen LogP contribution in [0.4, 0.5) is 0 Å². The van der Waals surface area contributed by atoms with E-state index in [0.717, 1.165) is 41.9 Å². The topological polar surface area (TPSA) is 58.8 Å². The maximum atomic E-state index is 5.96. The maximum Gasteiger partial charge on any atom is 0.187 e. The number of nitrogens with one attached hydrogen (secondary N) is 2. The Kier molecular flexibility index (Phi) is 4.86. The minimum Gasteiger partial charge on any atom is -0.455 e. The average Bonchev–Trinajstić information content (AvgIpc) is 3.33. The second kappa shape index (κ2) is 7.43. The number of benzene rings is 2. The van der Waals surface area contributed by atoms with Crippen LogP contribution in [0.2, 0.25) is 0 Å². The van der Waals surface area contributed by atoms with E-state index in [4.69, 9.17) is 21.4 Å². The summed E-state index contributed by atoms with van der Waals surface area (Å²) in [5.74, 6) is 0.728. The Morgan fingerprint density at radius 1 is 1.23 bits per heavy atom. The number of hydrazone groups is 1. The fraction of sp³-hybridized carbons (Fsp3) is 0.300. The minimum atomic E-state index is 0.239. The van der Waals surface area contributed by atoms with Gasteiger partial charge in [-0.1, -0.05) is 30.3 Å². The molecule has 2 heterocycles. The lowest BCUT2D eigenvalue weighted by molar-refractivity contribution is 0.114. The first-order chi connectivity index (χ1) is 12.7. The van der Waals surface area contributed by atoms with Crippen molar-refractivity contribution in [3.63, 3.8) is 0 Å². The molecule has 26 heavy (non-hydrogen) atoms. The first-order valence-electron chi connectivity index (χ1n) is 8.82. The molecule has 2 N–H and O–H groups in total. The molecular formula is C20H21N3O2S. The van der Waals surface area contributed by atoms with Gasteiger partial charge in [-0.05, 0) is 54.9 Å². The molecule has 0 unspecified atom stereocenters. The molecule has 1 atom stereocenters. The monoisotopic (exact) mass is 367 g/mol. The smallest absolute Gasteiger partial charge is 0.187 e. The van der Waals surface area contributed by atoms with Gasteiger partial charge in [-0.15, -0.1) is 0 Å². The average molecular weight is 367 g/mol. The number of hydrogen-bond acceptors (Lipinski definition) is 4. The Balaban J connectivity index is 1.46. The van der Waals surface area contributed by atoms with Gasteiger partial charge in [0.25, 0.3) is 0 Å². The molecule has 4 rings (SSSR count). The highest BCUT2D eigenvalue weighted by atomic mass is 32.1. The highest BCUT2D eigenvalue weighted by Gasteiger charge is 2.15. The van der Waals surface area contributed by atoms with Crippen LogP contribution in [-0.4, -0.2) is 30.1 Å². The minimum absolute atomic E-state index is 0.239. The summed E-state index contributed by atoms with van der Waals surface area (Å²) in [6, 6.07) is 14.4. The van der Waals surface area contributed by atoms with Crippen molar-refractivity contribution in [2.45, 2.75) is 25.9 Å². The third-order valence-electron chi connectivity index (χ3n) is 4.62. The summed E-state index contributed by atoms with van der Waals surface area (Å²) in [4.78, 5) is 0. The number of nitrogens with zero attached hydrogens (tertiary/aromatic N) is 1. The van der Waals surface area contributed by atoms with Gasteiger partial charge in [-0.3, -0.25) is 5.43 Å². The highest BCUT2D eigenvalue weighted by Crippen LogP contribution is 2.28. The third-order valence-corrected chi connectivity index (χ3v) is 4.86. The molecule has 1 aromatic heterocycles. The van der Waals surface area contributed by atoms with Crippen LogP contribution in [0.1, 0.15) is 25.5 Å². The lowest BCUT2D eigenvalue weighted by atomic mass is 10.1. The van der Waals surface area contributed by atoms with Crippen molar-refractivity contribution in [2.24, 2.45) is 5.10 Å². The van der Waals surface area contributed by atoms with Crippen LogP contribution in [0.5, 0.6) is 0 Å². The predicted octanol–water partition coefficient (Wildman–Crippen LogP) is 3.95. The van der Waals surface area contributed by atoms with Gasteiger partial charge in [0.2, 0.25) is 0 Å². The molecule has 0 spiro atoms. The molecule has 6 heteroatoms. The van der Waals surface area contributed by atoms with Gasteiger partial charge < -0.3 is 14.5 Å². The Labute approximate surface area is 157 Å². The van der Waals surface area contributed by atoms with Crippen molar-refractivity contribution >= 4 is 44.8 Å². The van der Waals surface area contributed by atoms with Crippen molar-refractivity contribution in [2.75, 3.05) is 13.2 Å². The Morgan fingerprint density at radius 3 is 2.96 bits per heavy atom. The number of furan rings is 1. The van der Waals surface area contributed by atoms with Gasteiger partial charge in [-0.2, -0.15) is 5.10 Å². The van der Waals surface area contributed by atoms with E-state index in [1.54, 1.807) is 0 Å². The van der Waals surface area contributed by atoms with E-state index in [0.29, 0.717) is 11.7 Å². The van der Waals surface area contributed by atoms with E-state index >= 15 is 0 Å². The van der Waals surface area contributed by atoms with Crippen LogP contribution in [0.25, 0.3) is 21.7 Å². The summed E-state index contributed by atoms with van der Waals surface area (Å²) in [5.41, 5.74) is 4.48. The van der Waals surface area contributed by atoms with Crippen molar-refractivity contribution in [1.82, 2.24) is 10.7 Å². The number of ether oxygens (including phenoxy) is 1. The number of thiocarbonyl (C=S) groups is 1. The molecule has 0 saturated carbocycles. The zero-order valence-electron chi connectivity index (χ0n) is 14.6. The summed E-state index contributed by atoms with van der Waals surface area (Å²) in [5, 5.41) is 11.4. The van der Waals surface area contributed by atoms with E-state index in [-0.39, 0.29) is 6.10 Å². The lowest BCUT2D eigenvalue weighted by Crippen LogP contribution is -2.37. The van der Waals surface area contributed by atoms with Gasteiger partial charge in [0, 0.05) is 18.5 Å². The molecule has 3 aromatic rings. The molecule has 5 nitrogen and oxygen atoms in total. The van der Waals surface area contributed by atoms with Crippen LogP contribution in [-0.2, 0) is 4.74 Å². The highest BCUT2D eigenvalue weighted by molar-refractivity contribution is 7.80. The van der Waals surface area contributed by atoms with Gasteiger partial charge in [0.15, 0.2) is 10.9 Å². The maximum absolute atomic E-state index is 5.96. The molecule has 1 aliphatic heterocycles. The summed E-state index contributed by atoms with van der Waals surface area (Å²) in [6.07, 6.45) is 2.43. The largest absolute Gasteiger partial charge is 0.455 e. The first-order valence-corrected chi connectivity index (χ1v) is 9.23. The Bertz CT molecular complexity index is 974. The van der Waals surface area contributed by atoms with E-state index in [1.165, 1.54) is 10.8 Å². The quantitative estimate of drug-likeness (QED) is 0.415. The SMILES string of the molecule is C/C(=N/NC(=S)NC[C@@H]1CCCO1)c1cc2c(ccc3ccccc32)o1. The second-order valence-corrected chi connectivity index (χ2v) is 6.87. The van der Waals surface area contributed by atoms with Crippen LogP contribution in [0.15, 0.2) is 52.0 Å². The van der Waals surface area contributed by atoms with Crippen LogP contribution < -0.4 is 10.7 Å². The lowest BCUT2D eigenvalue weighted by Gasteiger charge is -2.12. The van der Waals surface area contributed by atoms with Gasteiger partial charge in [0.05, 0.1) is 6.10 Å². The summed E-state index contributed by atoms with van der Waals surface area (Å²) < 4.78 is 11.5. The van der Waals surface area contributed by atoms with Crippen LogP contribution in [0, 0.1) is 0 Å². The number of rotatable bonds is 4. The van der Waals surface area contributed by atoms with Crippen LogP contribution in [0.3, 0.4) is 0 Å². The zero-order valence-corrected chi connectivity index (χ0v) is 15.4. The van der Waals surface area contributed by atoms with Gasteiger partial charge in [0.1, 0.15) is 11.3 Å². The Hall–Kier alpha value is -2.44. The van der Waals surface area contributed by atoms with Crippen molar-refractivity contribution < 1.29 is 9.15 Å². The molecular weight excluding hydrogens is 346 g/mol. The summed E-state index contributed by atoms with van der Waals surface area (Å²) >= 11 is 5.27. The zero-order chi connectivity index (χ0) is 17.9. The second-order valence-electron chi connectivity index (χ2n) is 6.46. The molecule has 0 bridgehead atoms. The van der Waals surface area contributed by atoms with Crippen molar-refractivity contribution in [3.8, 4) is 0 Å². The molecule has 134 valence electrons. The first kappa shape index (κ1) is 17.0. The molecule has 0 amide bonds. The normalized spacial score (nSPS) is 17.7. The number of fused-ring (bicyclic) bond motifs is 3. The van der Waals surface area contributed by atoms with E-state index in [1.807, 2.05) is 31.2 Å². The van der Waals surface area contributed by atoms with E-state index in [9.17, 15) is 0 Å². The third kappa shape index (κ3) is 3.57. The van der Waals surface area contributed by atoms with Gasteiger partial charge >= 0.3 is 0 Å².